The first kappa shape index (κ1) is 15.9. The summed E-state index contributed by atoms with van der Waals surface area (Å²) in [5.74, 6) is -1.84. The summed E-state index contributed by atoms with van der Waals surface area (Å²) in [6.07, 6.45) is -0.306. The molecule has 1 unspecified atom stereocenters. The highest BCUT2D eigenvalue weighted by atomic mass is 32.2. The number of nitrogens with two attached hydrogens (primary N) is 1. The fraction of sp³-hybridized carbons (Fsp3) is 0.818. The number of nitrogens with zero attached hydrogens (tertiary/aromatic N) is 1. The Morgan fingerprint density at radius 3 is 2.47 bits per heavy atom. The van der Waals surface area contributed by atoms with Gasteiger partial charge in [0.05, 0.1) is 24.0 Å². The van der Waals surface area contributed by atoms with Crippen molar-refractivity contribution in [3.05, 3.63) is 0 Å². The average Bonchev–Trinajstić information content (AvgIpc) is 2.11. The predicted octanol–water partition coefficient (Wildman–Crippen LogP) is -0.786. The predicted molar refractivity (Wildman–Crippen MR) is 69.3 cm³/mol. The van der Waals surface area contributed by atoms with E-state index in [4.69, 9.17) is 10.8 Å². The van der Waals surface area contributed by atoms with Crippen molar-refractivity contribution in [2.45, 2.75) is 38.3 Å². The van der Waals surface area contributed by atoms with Crippen molar-refractivity contribution in [1.82, 2.24) is 4.90 Å². The van der Waals surface area contributed by atoms with Crippen LogP contribution in [0.15, 0.2) is 0 Å². The van der Waals surface area contributed by atoms with Gasteiger partial charge in [0, 0.05) is 18.5 Å². The number of aliphatic carboxylic acids is 1. The van der Waals surface area contributed by atoms with E-state index in [0.29, 0.717) is 0 Å². The molecule has 7 nitrogen and oxygen atoms in total. The van der Waals surface area contributed by atoms with Gasteiger partial charge in [-0.2, -0.15) is 0 Å². The van der Waals surface area contributed by atoms with E-state index in [2.05, 4.69) is 0 Å². The molecule has 110 valence electrons. The van der Waals surface area contributed by atoms with Crippen LogP contribution in [0.3, 0.4) is 0 Å². The summed E-state index contributed by atoms with van der Waals surface area (Å²) >= 11 is 0. The van der Waals surface area contributed by atoms with Gasteiger partial charge in [-0.25, -0.2) is 8.42 Å². The lowest BCUT2D eigenvalue weighted by Gasteiger charge is -2.36. The minimum Gasteiger partial charge on any atom is -0.481 e. The summed E-state index contributed by atoms with van der Waals surface area (Å²) in [6, 6.07) is -0.800. The summed E-state index contributed by atoms with van der Waals surface area (Å²) in [6.45, 7) is 3.42. The minimum atomic E-state index is -3.28. The number of carbonyl (C=O) groups is 2. The topological polar surface area (TPSA) is 118 Å². The first-order chi connectivity index (χ1) is 8.50. The van der Waals surface area contributed by atoms with E-state index in [1.54, 1.807) is 13.8 Å². The number of sulfone groups is 1. The molecule has 8 heteroatoms. The van der Waals surface area contributed by atoms with Crippen molar-refractivity contribution in [2.24, 2.45) is 5.73 Å². The molecule has 0 aromatic carbocycles. The van der Waals surface area contributed by atoms with Gasteiger partial charge in [0.2, 0.25) is 5.91 Å². The number of hydrogen-bond donors (Lipinski definition) is 2. The monoisotopic (exact) mass is 292 g/mol. The number of carbonyl (C=O) groups excluding carboxylic acids is 1. The van der Waals surface area contributed by atoms with Crippen LogP contribution in [-0.2, 0) is 19.4 Å². The van der Waals surface area contributed by atoms with Crippen LogP contribution in [0.1, 0.15) is 26.7 Å². The molecule has 19 heavy (non-hydrogen) atoms. The van der Waals surface area contributed by atoms with Gasteiger partial charge in [-0.15, -0.1) is 0 Å². The zero-order chi connectivity index (χ0) is 14.8. The SMILES string of the molecule is CC(C)(N)CC(=O)N1CCS(=O)(=O)CC1CC(=O)O. The maximum atomic E-state index is 12.1. The van der Waals surface area contributed by atoms with Gasteiger partial charge < -0.3 is 15.7 Å². The van der Waals surface area contributed by atoms with Crippen molar-refractivity contribution in [3.63, 3.8) is 0 Å². The Bertz CT molecular complexity index is 466. The van der Waals surface area contributed by atoms with Crippen molar-refractivity contribution in [3.8, 4) is 0 Å². The molecule has 0 aromatic heterocycles. The second kappa shape index (κ2) is 5.46. The Balaban J connectivity index is 2.85. The van der Waals surface area contributed by atoms with Crippen LogP contribution in [0.4, 0.5) is 0 Å². The van der Waals surface area contributed by atoms with Crippen LogP contribution in [0.25, 0.3) is 0 Å². The Labute approximate surface area is 112 Å². The minimum absolute atomic E-state index is 0.0369. The van der Waals surface area contributed by atoms with E-state index in [-0.39, 0.29) is 36.8 Å². The molecular weight excluding hydrogens is 272 g/mol. The number of rotatable bonds is 4. The number of amides is 1. The van der Waals surface area contributed by atoms with Gasteiger partial charge >= 0.3 is 5.97 Å². The Hall–Kier alpha value is -1.15. The van der Waals surface area contributed by atoms with Gasteiger partial charge in [0.1, 0.15) is 0 Å². The van der Waals surface area contributed by atoms with E-state index < -0.39 is 27.4 Å². The van der Waals surface area contributed by atoms with Gasteiger partial charge in [-0.3, -0.25) is 9.59 Å². The molecule has 1 fully saturated rings. The average molecular weight is 292 g/mol. The highest BCUT2D eigenvalue weighted by molar-refractivity contribution is 7.91. The second-order valence-corrected chi connectivity index (χ2v) is 7.85. The molecule has 1 aliphatic rings. The number of hydrogen-bond acceptors (Lipinski definition) is 5. The van der Waals surface area contributed by atoms with E-state index in [9.17, 15) is 18.0 Å². The fourth-order valence-electron chi connectivity index (χ4n) is 2.08. The smallest absolute Gasteiger partial charge is 0.305 e. The third kappa shape index (κ3) is 5.15. The quantitative estimate of drug-likeness (QED) is 0.701. The van der Waals surface area contributed by atoms with Crippen molar-refractivity contribution in [2.75, 3.05) is 18.1 Å². The lowest BCUT2D eigenvalue weighted by Crippen LogP contribution is -2.53. The molecular formula is C11H20N2O5S. The van der Waals surface area contributed by atoms with Gasteiger partial charge in [-0.1, -0.05) is 0 Å². The Morgan fingerprint density at radius 1 is 1.42 bits per heavy atom. The first-order valence-electron chi connectivity index (χ1n) is 6.01. The molecule has 3 N–H and O–H groups in total. The molecule has 1 atom stereocenters. The van der Waals surface area contributed by atoms with Crippen molar-refractivity contribution < 1.29 is 23.1 Å². The first-order valence-corrected chi connectivity index (χ1v) is 7.83. The summed E-state index contributed by atoms with van der Waals surface area (Å²) in [5.41, 5.74) is 5.05. The van der Waals surface area contributed by atoms with Crippen LogP contribution in [0.2, 0.25) is 0 Å². The van der Waals surface area contributed by atoms with Crippen LogP contribution in [0, 0.1) is 0 Å². The molecule has 0 bridgehead atoms. The lowest BCUT2D eigenvalue weighted by molar-refractivity contribution is -0.140. The lowest BCUT2D eigenvalue weighted by atomic mass is 10.0. The molecule has 1 rings (SSSR count). The maximum Gasteiger partial charge on any atom is 0.305 e. The highest BCUT2D eigenvalue weighted by Crippen LogP contribution is 2.18. The second-order valence-electron chi connectivity index (χ2n) is 5.62. The van der Waals surface area contributed by atoms with Crippen LogP contribution in [0.5, 0.6) is 0 Å². The molecule has 1 aliphatic heterocycles. The zero-order valence-corrected chi connectivity index (χ0v) is 11.9. The standard InChI is InChI=1S/C11H20N2O5S/c1-11(2,12)6-9(14)13-3-4-19(17,18)7-8(13)5-10(15)16/h8H,3-7,12H2,1-2H3,(H,15,16). The normalized spacial score (nSPS) is 23.1. The molecule has 0 radical (unpaired) electrons. The van der Waals surface area contributed by atoms with Gasteiger partial charge in [0.25, 0.3) is 0 Å². The van der Waals surface area contributed by atoms with Gasteiger partial charge in [0.15, 0.2) is 9.84 Å². The van der Waals surface area contributed by atoms with E-state index in [1.165, 1.54) is 4.90 Å². The summed E-state index contributed by atoms with van der Waals surface area (Å²) < 4.78 is 23.1. The molecule has 0 saturated carbocycles. The number of carboxylic acid groups (broad SMARTS) is 1. The van der Waals surface area contributed by atoms with E-state index >= 15 is 0 Å². The van der Waals surface area contributed by atoms with Crippen LogP contribution < -0.4 is 5.73 Å². The van der Waals surface area contributed by atoms with Gasteiger partial charge in [-0.05, 0) is 13.8 Å². The summed E-state index contributed by atoms with van der Waals surface area (Å²) in [4.78, 5) is 24.2. The third-order valence-corrected chi connectivity index (χ3v) is 4.56. The van der Waals surface area contributed by atoms with Crippen molar-refractivity contribution >= 4 is 21.7 Å². The van der Waals surface area contributed by atoms with E-state index in [1.807, 2.05) is 0 Å². The van der Waals surface area contributed by atoms with Crippen molar-refractivity contribution in [1.29, 1.82) is 0 Å². The molecule has 0 aromatic rings. The Morgan fingerprint density at radius 2 is 2.00 bits per heavy atom. The number of carboxylic acids is 1. The van der Waals surface area contributed by atoms with E-state index in [0.717, 1.165) is 0 Å². The largest absolute Gasteiger partial charge is 0.481 e. The maximum absolute atomic E-state index is 12.1. The molecule has 1 saturated heterocycles. The molecule has 0 spiro atoms. The molecule has 1 amide bonds. The van der Waals surface area contributed by atoms with Crippen LogP contribution >= 0.6 is 0 Å². The Kier molecular flexibility index (Phi) is 4.57. The fourth-order valence-corrected chi connectivity index (χ4v) is 3.60. The zero-order valence-electron chi connectivity index (χ0n) is 11.1. The van der Waals surface area contributed by atoms with Crippen LogP contribution in [-0.4, -0.2) is 59.9 Å². The highest BCUT2D eigenvalue weighted by Gasteiger charge is 2.36. The summed E-state index contributed by atoms with van der Waals surface area (Å²) in [7, 11) is -3.28. The summed E-state index contributed by atoms with van der Waals surface area (Å²) in [5, 5.41) is 8.81. The molecule has 0 aliphatic carbocycles. The molecule has 1 heterocycles. The third-order valence-electron chi connectivity index (χ3n) is 2.87.